The van der Waals surface area contributed by atoms with Gasteiger partial charge in [-0.25, -0.2) is 0 Å². The Bertz CT molecular complexity index is 93.0. The highest BCUT2D eigenvalue weighted by molar-refractivity contribution is 5.36. The van der Waals surface area contributed by atoms with Gasteiger partial charge in [0.1, 0.15) is 0 Å². The van der Waals surface area contributed by atoms with Crippen LogP contribution in [0.5, 0.6) is 0 Å². The maximum Gasteiger partial charge on any atom is 0.293 e. The van der Waals surface area contributed by atoms with Crippen LogP contribution in [0.25, 0.3) is 0 Å². The molecule has 0 spiro atoms. The summed E-state index contributed by atoms with van der Waals surface area (Å²) in [5, 5.41) is 0. The SMILES string of the molecule is C1=COCC1.CCOC=O. The van der Waals surface area contributed by atoms with Crippen LogP contribution in [0.1, 0.15) is 13.3 Å². The fraction of sp³-hybridized carbons (Fsp3) is 0.571. The van der Waals surface area contributed by atoms with Crippen LogP contribution in [0.3, 0.4) is 0 Å². The zero-order valence-corrected chi connectivity index (χ0v) is 6.08. The first kappa shape index (κ1) is 9.01. The lowest BCUT2D eigenvalue weighted by Crippen LogP contribution is -1.80. The van der Waals surface area contributed by atoms with E-state index in [1.54, 1.807) is 13.2 Å². The third-order valence-electron chi connectivity index (χ3n) is 0.830. The highest BCUT2D eigenvalue weighted by Crippen LogP contribution is 1.93. The monoisotopic (exact) mass is 144 g/mol. The lowest BCUT2D eigenvalue weighted by molar-refractivity contribution is -0.128. The Morgan fingerprint density at radius 3 is 2.70 bits per heavy atom. The summed E-state index contributed by atoms with van der Waals surface area (Å²) in [7, 11) is 0. The molecule has 0 fully saturated rings. The summed E-state index contributed by atoms with van der Waals surface area (Å²) in [5.41, 5.74) is 0. The van der Waals surface area contributed by atoms with E-state index in [0.29, 0.717) is 13.1 Å². The van der Waals surface area contributed by atoms with E-state index in [9.17, 15) is 4.79 Å². The number of hydrogen-bond acceptors (Lipinski definition) is 3. The quantitative estimate of drug-likeness (QED) is 0.544. The van der Waals surface area contributed by atoms with E-state index in [1.165, 1.54) is 0 Å². The summed E-state index contributed by atoms with van der Waals surface area (Å²) in [6.45, 7) is 3.55. The Balaban J connectivity index is 0.000000162. The smallest absolute Gasteiger partial charge is 0.293 e. The Morgan fingerprint density at radius 2 is 2.60 bits per heavy atom. The summed E-state index contributed by atoms with van der Waals surface area (Å²) in [6.07, 6.45) is 4.85. The molecule has 0 N–H and O–H groups in total. The number of hydrogen-bond donors (Lipinski definition) is 0. The van der Waals surface area contributed by atoms with Crippen LogP contribution < -0.4 is 0 Å². The van der Waals surface area contributed by atoms with Gasteiger partial charge in [0, 0.05) is 6.42 Å². The predicted octanol–water partition coefficient (Wildman–Crippen LogP) is 1.10. The molecule has 0 aromatic rings. The molecule has 3 nitrogen and oxygen atoms in total. The van der Waals surface area contributed by atoms with Crippen molar-refractivity contribution in [2.75, 3.05) is 13.2 Å². The van der Waals surface area contributed by atoms with Crippen LogP contribution in [0, 0.1) is 0 Å². The largest absolute Gasteiger partial charge is 0.501 e. The van der Waals surface area contributed by atoms with Gasteiger partial charge in [0.25, 0.3) is 6.47 Å². The molecule has 1 heterocycles. The molecule has 0 radical (unpaired) electrons. The van der Waals surface area contributed by atoms with E-state index in [4.69, 9.17) is 4.74 Å². The van der Waals surface area contributed by atoms with Crippen molar-refractivity contribution in [3.8, 4) is 0 Å². The Hall–Kier alpha value is -0.990. The molecular formula is C7H12O3. The Morgan fingerprint density at radius 1 is 1.80 bits per heavy atom. The van der Waals surface area contributed by atoms with Crippen LogP contribution >= 0.6 is 0 Å². The van der Waals surface area contributed by atoms with E-state index < -0.39 is 0 Å². The molecule has 0 amide bonds. The number of rotatable bonds is 2. The van der Waals surface area contributed by atoms with Crippen LogP contribution in [-0.2, 0) is 14.3 Å². The average Bonchev–Trinajstić information content (AvgIpc) is 2.44. The van der Waals surface area contributed by atoms with Crippen molar-refractivity contribution in [1.82, 2.24) is 0 Å². The van der Waals surface area contributed by atoms with Crippen molar-refractivity contribution in [3.05, 3.63) is 12.3 Å². The molecule has 0 aromatic carbocycles. The molecule has 3 heteroatoms. The zero-order valence-electron chi connectivity index (χ0n) is 6.08. The maximum atomic E-state index is 9.18. The summed E-state index contributed by atoms with van der Waals surface area (Å²) in [6, 6.07) is 0. The summed E-state index contributed by atoms with van der Waals surface area (Å²) >= 11 is 0. The minimum atomic E-state index is 0.431. The molecule has 10 heavy (non-hydrogen) atoms. The van der Waals surface area contributed by atoms with Crippen molar-refractivity contribution >= 4 is 6.47 Å². The second-order valence-corrected chi connectivity index (χ2v) is 1.58. The van der Waals surface area contributed by atoms with E-state index in [0.717, 1.165) is 13.0 Å². The van der Waals surface area contributed by atoms with Crippen LogP contribution in [0.2, 0.25) is 0 Å². The number of carbonyl (C=O) groups excluding carboxylic acids is 1. The minimum absolute atomic E-state index is 0.431. The Labute approximate surface area is 60.6 Å². The van der Waals surface area contributed by atoms with E-state index >= 15 is 0 Å². The first-order chi connectivity index (χ1) is 4.91. The van der Waals surface area contributed by atoms with E-state index in [1.807, 2.05) is 6.08 Å². The molecule has 1 rings (SSSR count). The predicted molar refractivity (Wildman–Crippen MR) is 37.4 cm³/mol. The van der Waals surface area contributed by atoms with Gasteiger partial charge in [0.05, 0.1) is 19.5 Å². The van der Waals surface area contributed by atoms with Crippen LogP contribution in [0.4, 0.5) is 0 Å². The summed E-state index contributed by atoms with van der Waals surface area (Å²) < 4.78 is 8.92. The highest BCUT2D eigenvalue weighted by Gasteiger charge is 1.83. The van der Waals surface area contributed by atoms with Crippen molar-refractivity contribution < 1.29 is 14.3 Å². The Kier molecular flexibility index (Phi) is 7.22. The molecule has 0 aliphatic carbocycles. The summed E-state index contributed by atoms with van der Waals surface area (Å²) in [4.78, 5) is 9.18. The van der Waals surface area contributed by atoms with E-state index in [-0.39, 0.29) is 0 Å². The fourth-order valence-electron chi connectivity index (χ4n) is 0.408. The zero-order chi connectivity index (χ0) is 7.66. The lowest BCUT2D eigenvalue weighted by atomic mass is 10.5. The lowest BCUT2D eigenvalue weighted by Gasteiger charge is -1.79. The maximum absolute atomic E-state index is 9.18. The van der Waals surface area contributed by atoms with Crippen molar-refractivity contribution in [2.45, 2.75) is 13.3 Å². The molecule has 58 valence electrons. The van der Waals surface area contributed by atoms with Gasteiger partial charge in [-0.05, 0) is 13.0 Å². The fourth-order valence-corrected chi connectivity index (χ4v) is 0.408. The van der Waals surface area contributed by atoms with Gasteiger partial charge in [-0.15, -0.1) is 0 Å². The minimum Gasteiger partial charge on any atom is -0.501 e. The molecule has 0 atom stereocenters. The molecule has 0 saturated heterocycles. The van der Waals surface area contributed by atoms with Gasteiger partial charge in [0.2, 0.25) is 0 Å². The first-order valence-electron chi connectivity index (χ1n) is 3.23. The van der Waals surface area contributed by atoms with Gasteiger partial charge in [-0.2, -0.15) is 0 Å². The second kappa shape index (κ2) is 8.01. The third-order valence-corrected chi connectivity index (χ3v) is 0.830. The molecule has 0 saturated carbocycles. The standard InChI is InChI=1S/C4H6O.C3H6O2/c1-2-4-5-3-1;1-2-5-3-4/h1,3H,2,4H2;3H,2H2,1H3. The molecular weight excluding hydrogens is 132 g/mol. The van der Waals surface area contributed by atoms with Crippen molar-refractivity contribution in [1.29, 1.82) is 0 Å². The van der Waals surface area contributed by atoms with Crippen molar-refractivity contribution in [3.63, 3.8) is 0 Å². The average molecular weight is 144 g/mol. The summed E-state index contributed by atoms with van der Waals surface area (Å²) in [5.74, 6) is 0. The van der Waals surface area contributed by atoms with Crippen molar-refractivity contribution in [2.24, 2.45) is 0 Å². The molecule has 1 aliphatic rings. The normalized spacial score (nSPS) is 12.9. The highest BCUT2D eigenvalue weighted by atomic mass is 16.5. The molecule has 1 aliphatic heterocycles. The first-order valence-corrected chi connectivity index (χ1v) is 3.23. The van der Waals surface area contributed by atoms with Gasteiger partial charge in [-0.1, -0.05) is 0 Å². The topological polar surface area (TPSA) is 35.5 Å². The van der Waals surface area contributed by atoms with Crippen LogP contribution in [-0.4, -0.2) is 19.7 Å². The van der Waals surface area contributed by atoms with Gasteiger partial charge in [0.15, 0.2) is 0 Å². The van der Waals surface area contributed by atoms with Gasteiger partial charge >= 0.3 is 0 Å². The second-order valence-electron chi connectivity index (χ2n) is 1.58. The van der Waals surface area contributed by atoms with Crippen LogP contribution in [0.15, 0.2) is 12.3 Å². The molecule has 0 aromatic heterocycles. The van der Waals surface area contributed by atoms with Gasteiger partial charge in [-0.3, -0.25) is 4.79 Å². The third kappa shape index (κ3) is 7.01. The van der Waals surface area contributed by atoms with E-state index in [2.05, 4.69) is 4.74 Å². The molecule has 0 bridgehead atoms. The van der Waals surface area contributed by atoms with Gasteiger partial charge < -0.3 is 9.47 Å². The number of ether oxygens (including phenoxy) is 2. The molecule has 0 unspecified atom stereocenters. The number of carbonyl (C=O) groups is 1.